The molecule has 0 radical (unpaired) electrons. The highest BCUT2D eigenvalue weighted by atomic mass is 35.5. The van der Waals surface area contributed by atoms with Gasteiger partial charge in [-0.3, -0.25) is 9.69 Å². The first-order chi connectivity index (χ1) is 12.9. The SMILES string of the molecule is CC1=C(CN2CCOCC2)SC(NC(=O)Nc2ccc(Cl)cc2)(C(N)=O)C1.Cl. The summed E-state index contributed by atoms with van der Waals surface area (Å²) < 4.78 is 5.37. The van der Waals surface area contributed by atoms with Crippen LogP contribution >= 0.6 is 35.8 Å². The van der Waals surface area contributed by atoms with Crippen molar-refractivity contribution in [3.05, 3.63) is 39.8 Å². The maximum Gasteiger partial charge on any atom is 0.320 e. The summed E-state index contributed by atoms with van der Waals surface area (Å²) in [7, 11) is 0. The summed E-state index contributed by atoms with van der Waals surface area (Å²) in [5.41, 5.74) is 7.32. The molecule has 1 unspecified atom stereocenters. The fraction of sp³-hybridized carbons (Fsp3) is 0.444. The molecule has 1 fully saturated rings. The van der Waals surface area contributed by atoms with Gasteiger partial charge in [-0.05, 0) is 31.2 Å². The lowest BCUT2D eigenvalue weighted by atomic mass is 10.1. The van der Waals surface area contributed by atoms with Crippen LogP contribution in [-0.4, -0.2) is 54.6 Å². The number of nitrogens with one attached hydrogen (secondary N) is 2. The van der Waals surface area contributed by atoms with E-state index in [9.17, 15) is 9.59 Å². The fourth-order valence-electron chi connectivity index (χ4n) is 3.08. The van der Waals surface area contributed by atoms with E-state index < -0.39 is 16.8 Å². The zero-order valence-corrected chi connectivity index (χ0v) is 17.9. The monoisotopic (exact) mass is 446 g/mol. The Morgan fingerprint density at radius 3 is 2.54 bits per heavy atom. The molecule has 3 rings (SSSR count). The van der Waals surface area contributed by atoms with E-state index in [-0.39, 0.29) is 12.4 Å². The summed E-state index contributed by atoms with van der Waals surface area (Å²) in [6, 6.07) is 6.25. The summed E-state index contributed by atoms with van der Waals surface area (Å²) >= 11 is 7.19. The predicted octanol–water partition coefficient (Wildman–Crippen LogP) is 2.81. The van der Waals surface area contributed by atoms with Crippen molar-refractivity contribution in [3.8, 4) is 0 Å². The largest absolute Gasteiger partial charge is 0.379 e. The van der Waals surface area contributed by atoms with Crippen LogP contribution in [0.1, 0.15) is 13.3 Å². The first kappa shape index (κ1) is 22.8. The van der Waals surface area contributed by atoms with Crippen LogP contribution < -0.4 is 16.4 Å². The number of carbonyl (C=O) groups is 2. The molecule has 10 heteroatoms. The molecule has 0 spiro atoms. The van der Waals surface area contributed by atoms with E-state index in [0.717, 1.165) is 30.1 Å². The molecule has 0 aromatic heterocycles. The molecule has 0 saturated carbocycles. The lowest BCUT2D eigenvalue weighted by Crippen LogP contribution is -2.55. The Balaban J connectivity index is 0.00000280. The minimum atomic E-state index is -1.18. The van der Waals surface area contributed by atoms with E-state index in [1.54, 1.807) is 24.3 Å². The number of primary amides is 1. The van der Waals surface area contributed by atoms with Crippen molar-refractivity contribution in [2.45, 2.75) is 18.2 Å². The van der Waals surface area contributed by atoms with Crippen LogP contribution in [0.4, 0.5) is 10.5 Å². The third-order valence-electron chi connectivity index (χ3n) is 4.57. The molecule has 1 atom stereocenters. The van der Waals surface area contributed by atoms with Crippen LogP contribution in [0.2, 0.25) is 5.02 Å². The Hall–Kier alpha value is -1.45. The number of anilines is 1. The van der Waals surface area contributed by atoms with Gasteiger partial charge in [-0.15, -0.1) is 12.4 Å². The van der Waals surface area contributed by atoms with Gasteiger partial charge in [0.1, 0.15) is 0 Å². The maximum absolute atomic E-state index is 12.4. The van der Waals surface area contributed by atoms with Gasteiger partial charge in [-0.2, -0.15) is 0 Å². The number of carbonyl (C=O) groups excluding carboxylic acids is 2. The molecule has 154 valence electrons. The molecule has 3 amide bonds. The molecule has 1 aromatic carbocycles. The molecular weight excluding hydrogens is 423 g/mol. The van der Waals surface area contributed by atoms with Crippen LogP contribution in [0.3, 0.4) is 0 Å². The Bertz CT molecular complexity index is 754. The molecule has 0 bridgehead atoms. The molecule has 2 heterocycles. The summed E-state index contributed by atoms with van der Waals surface area (Å²) in [5, 5.41) is 6.06. The molecule has 4 N–H and O–H groups in total. The lowest BCUT2D eigenvalue weighted by molar-refractivity contribution is -0.120. The number of rotatable bonds is 5. The van der Waals surface area contributed by atoms with Gasteiger partial charge in [-0.1, -0.05) is 28.9 Å². The van der Waals surface area contributed by atoms with Crippen molar-refractivity contribution in [2.24, 2.45) is 5.73 Å². The van der Waals surface area contributed by atoms with Gasteiger partial charge in [0.25, 0.3) is 5.91 Å². The Kier molecular flexibility index (Phi) is 8.03. The number of urea groups is 1. The minimum absolute atomic E-state index is 0. The summed E-state index contributed by atoms with van der Waals surface area (Å²) in [4.78, 5) is 26.8. The van der Waals surface area contributed by atoms with Crippen molar-refractivity contribution in [2.75, 3.05) is 38.2 Å². The molecule has 1 saturated heterocycles. The second-order valence-electron chi connectivity index (χ2n) is 6.65. The van der Waals surface area contributed by atoms with Crippen molar-refractivity contribution >= 4 is 53.4 Å². The third-order valence-corrected chi connectivity index (χ3v) is 6.35. The topological polar surface area (TPSA) is 96.7 Å². The smallest absolute Gasteiger partial charge is 0.320 e. The second kappa shape index (κ2) is 9.84. The number of hydrogen-bond acceptors (Lipinski definition) is 5. The van der Waals surface area contributed by atoms with Gasteiger partial charge < -0.3 is 21.1 Å². The normalized spacial score (nSPS) is 22.5. The van der Waals surface area contributed by atoms with Crippen molar-refractivity contribution in [1.29, 1.82) is 0 Å². The van der Waals surface area contributed by atoms with Crippen molar-refractivity contribution in [1.82, 2.24) is 10.2 Å². The Morgan fingerprint density at radius 2 is 1.93 bits per heavy atom. The first-order valence-corrected chi connectivity index (χ1v) is 9.90. The van der Waals surface area contributed by atoms with E-state index in [0.29, 0.717) is 30.3 Å². The summed E-state index contributed by atoms with van der Waals surface area (Å²) in [6.07, 6.45) is 0.390. The van der Waals surface area contributed by atoms with Gasteiger partial charge in [0, 0.05) is 41.7 Å². The number of nitrogens with zero attached hydrogens (tertiary/aromatic N) is 1. The van der Waals surface area contributed by atoms with Gasteiger partial charge in [0.2, 0.25) is 0 Å². The summed E-state index contributed by atoms with van der Waals surface area (Å²) in [6.45, 7) is 5.83. The van der Waals surface area contributed by atoms with E-state index >= 15 is 0 Å². The molecular formula is C18H24Cl2N4O3S. The number of hydrogen-bond donors (Lipinski definition) is 3. The number of nitrogens with two attached hydrogens (primary N) is 1. The highest BCUT2D eigenvalue weighted by Crippen LogP contribution is 2.44. The van der Waals surface area contributed by atoms with Crippen molar-refractivity contribution < 1.29 is 14.3 Å². The maximum atomic E-state index is 12.4. The fourth-order valence-corrected chi connectivity index (χ4v) is 4.66. The summed E-state index contributed by atoms with van der Waals surface area (Å²) in [5.74, 6) is -0.560. The lowest BCUT2D eigenvalue weighted by Gasteiger charge is -2.29. The van der Waals surface area contributed by atoms with Crippen LogP contribution in [-0.2, 0) is 9.53 Å². The molecule has 2 aliphatic heterocycles. The second-order valence-corrected chi connectivity index (χ2v) is 8.48. The molecule has 1 aromatic rings. The van der Waals surface area contributed by atoms with E-state index in [4.69, 9.17) is 22.1 Å². The van der Waals surface area contributed by atoms with E-state index in [1.807, 2.05) is 6.92 Å². The highest BCUT2D eigenvalue weighted by molar-refractivity contribution is 8.05. The molecule has 2 aliphatic rings. The number of morpholine rings is 1. The van der Waals surface area contributed by atoms with Crippen LogP contribution in [0.15, 0.2) is 34.7 Å². The Morgan fingerprint density at radius 1 is 1.29 bits per heavy atom. The van der Waals surface area contributed by atoms with Gasteiger partial charge in [-0.25, -0.2) is 4.79 Å². The predicted molar refractivity (Wildman–Crippen MR) is 115 cm³/mol. The van der Waals surface area contributed by atoms with E-state index in [1.165, 1.54) is 11.8 Å². The minimum Gasteiger partial charge on any atom is -0.379 e. The highest BCUT2D eigenvalue weighted by Gasteiger charge is 2.45. The third kappa shape index (κ3) is 5.55. The molecule has 0 aliphatic carbocycles. The molecule has 28 heavy (non-hydrogen) atoms. The number of benzene rings is 1. The standard InChI is InChI=1S/C18H23ClN4O3S.ClH/c1-12-10-18(16(20)24,27-15(12)11-23-6-8-26-9-7-23)22-17(25)21-14-4-2-13(19)3-5-14;/h2-5H,6-11H2,1H3,(H2,20,24)(H2,21,22,25);1H. The average molecular weight is 447 g/mol. The first-order valence-electron chi connectivity index (χ1n) is 8.70. The zero-order valence-electron chi connectivity index (χ0n) is 15.5. The Labute approximate surface area is 179 Å². The van der Waals surface area contributed by atoms with Gasteiger partial charge in [0.05, 0.1) is 13.2 Å². The quantitative estimate of drug-likeness (QED) is 0.645. The number of halogens is 2. The van der Waals surface area contributed by atoms with Crippen LogP contribution in [0.5, 0.6) is 0 Å². The zero-order chi connectivity index (χ0) is 19.4. The number of ether oxygens (including phenoxy) is 1. The number of amides is 3. The average Bonchev–Trinajstić information content (AvgIpc) is 2.94. The number of thioether (sulfide) groups is 1. The van der Waals surface area contributed by atoms with Gasteiger partial charge >= 0.3 is 6.03 Å². The van der Waals surface area contributed by atoms with E-state index in [2.05, 4.69) is 15.5 Å². The van der Waals surface area contributed by atoms with Crippen LogP contribution in [0, 0.1) is 0 Å². The van der Waals surface area contributed by atoms with Gasteiger partial charge in [0.15, 0.2) is 4.87 Å². The van der Waals surface area contributed by atoms with Crippen LogP contribution in [0.25, 0.3) is 0 Å². The molecule has 7 nitrogen and oxygen atoms in total. The van der Waals surface area contributed by atoms with Crippen molar-refractivity contribution in [3.63, 3.8) is 0 Å².